The van der Waals surface area contributed by atoms with Crippen LogP contribution in [-0.4, -0.2) is 27.5 Å². The van der Waals surface area contributed by atoms with E-state index in [1.165, 1.54) is 0 Å². The number of alkyl halides is 1. The van der Waals surface area contributed by atoms with E-state index in [1.807, 2.05) is 0 Å². The Hall–Kier alpha value is -0.580. The number of carbonyl (C=O) groups is 2. The molecule has 0 bridgehead atoms. The van der Waals surface area contributed by atoms with Gasteiger partial charge >= 0.3 is 11.9 Å². The Labute approximate surface area is 91.8 Å². The third kappa shape index (κ3) is 6.88. The molecule has 4 nitrogen and oxygen atoms in total. The van der Waals surface area contributed by atoms with E-state index in [1.54, 1.807) is 20.8 Å². The summed E-state index contributed by atoms with van der Waals surface area (Å²) < 4.78 is 5.02. The van der Waals surface area contributed by atoms with Crippen molar-refractivity contribution in [1.82, 2.24) is 0 Å². The van der Waals surface area contributed by atoms with Crippen molar-refractivity contribution in [2.75, 3.05) is 0 Å². The quantitative estimate of drug-likeness (QED) is 0.624. The molecule has 1 atom stereocenters. The van der Waals surface area contributed by atoms with E-state index in [2.05, 4.69) is 15.9 Å². The zero-order valence-electron chi connectivity index (χ0n) is 8.54. The molecular formula is C9H15BrO4. The first-order valence-electron chi connectivity index (χ1n) is 4.31. The van der Waals surface area contributed by atoms with Gasteiger partial charge in [-0.05, 0) is 27.2 Å². The van der Waals surface area contributed by atoms with Crippen molar-refractivity contribution in [3.8, 4) is 0 Å². The molecule has 0 saturated heterocycles. The summed E-state index contributed by atoms with van der Waals surface area (Å²) in [6, 6.07) is 0. The van der Waals surface area contributed by atoms with Crippen LogP contribution in [-0.2, 0) is 14.3 Å². The summed E-state index contributed by atoms with van der Waals surface area (Å²) in [5.74, 6) is -1.34. The van der Waals surface area contributed by atoms with Gasteiger partial charge in [0.25, 0.3) is 0 Å². The number of carbonyl (C=O) groups excluding carboxylic acids is 1. The van der Waals surface area contributed by atoms with Crippen LogP contribution in [0.3, 0.4) is 0 Å². The van der Waals surface area contributed by atoms with Crippen molar-refractivity contribution in [3.63, 3.8) is 0 Å². The van der Waals surface area contributed by atoms with Crippen LogP contribution >= 0.6 is 15.9 Å². The van der Waals surface area contributed by atoms with E-state index in [-0.39, 0.29) is 18.8 Å². The van der Waals surface area contributed by atoms with Gasteiger partial charge in [-0.25, -0.2) is 0 Å². The fourth-order valence-electron chi connectivity index (χ4n) is 0.761. The smallest absolute Gasteiger partial charge is 0.317 e. The van der Waals surface area contributed by atoms with Gasteiger partial charge in [-0.15, -0.1) is 0 Å². The minimum absolute atomic E-state index is 0.111. The number of carboxylic acid groups (broad SMARTS) is 1. The predicted octanol–water partition coefficient (Wildman–Crippen LogP) is 1.96. The zero-order chi connectivity index (χ0) is 11.4. The first kappa shape index (κ1) is 13.4. The normalized spacial score (nSPS) is 13.4. The average molecular weight is 267 g/mol. The molecule has 5 heteroatoms. The highest BCUT2D eigenvalue weighted by atomic mass is 79.9. The molecule has 0 amide bonds. The number of halogens is 1. The third-order valence-corrected chi connectivity index (χ3v) is 2.14. The van der Waals surface area contributed by atoms with Crippen LogP contribution in [0.25, 0.3) is 0 Å². The Bertz CT molecular complexity index is 219. The van der Waals surface area contributed by atoms with Crippen LogP contribution in [0.5, 0.6) is 0 Å². The van der Waals surface area contributed by atoms with Crippen molar-refractivity contribution in [2.24, 2.45) is 0 Å². The van der Waals surface area contributed by atoms with Gasteiger partial charge in [0.1, 0.15) is 10.4 Å². The summed E-state index contributed by atoms with van der Waals surface area (Å²) in [5.41, 5.74) is -0.512. The van der Waals surface area contributed by atoms with E-state index < -0.39 is 16.4 Å². The second-order valence-corrected chi connectivity index (χ2v) is 5.04. The molecule has 0 saturated carbocycles. The van der Waals surface area contributed by atoms with Crippen molar-refractivity contribution in [2.45, 2.75) is 44.0 Å². The Morgan fingerprint density at radius 1 is 1.43 bits per heavy atom. The maximum atomic E-state index is 11.1. The molecule has 14 heavy (non-hydrogen) atoms. The van der Waals surface area contributed by atoms with Crippen LogP contribution in [0, 0.1) is 0 Å². The lowest BCUT2D eigenvalue weighted by Crippen LogP contribution is -2.24. The molecule has 0 rings (SSSR count). The van der Waals surface area contributed by atoms with Crippen LogP contribution in [0.15, 0.2) is 0 Å². The molecule has 0 aromatic carbocycles. The van der Waals surface area contributed by atoms with E-state index in [9.17, 15) is 9.59 Å². The fraction of sp³-hybridized carbons (Fsp3) is 0.778. The number of ether oxygens (including phenoxy) is 1. The fourth-order valence-corrected chi connectivity index (χ4v) is 0.990. The average Bonchev–Trinajstić information content (AvgIpc) is 1.96. The van der Waals surface area contributed by atoms with Crippen LogP contribution in [0.2, 0.25) is 0 Å². The highest BCUT2D eigenvalue weighted by Crippen LogP contribution is 2.13. The molecule has 0 heterocycles. The van der Waals surface area contributed by atoms with E-state index in [0.717, 1.165) is 0 Å². The second kappa shape index (κ2) is 5.34. The Morgan fingerprint density at radius 2 is 1.93 bits per heavy atom. The minimum atomic E-state index is -0.964. The summed E-state index contributed by atoms with van der Waals surface area (Å²) in [7, 11) is 0. The summed E-state index contributed by atoms with van der Waals surface area (Å²) in [4.78, 5) is 20.9. The Balaban J connectivity index is 3.81. The van der Waals surface area contributed by atoms with Gasteiger partial charge < -0.3 is 9.84 Å². The topological polar surface area (TPSA) is 63.6 Å². The van der Waals surface area contributed by atoms with Crippen molar-refractivity contribution in [1.29, 1.82) is 0 Å². The molecule has 82 valence electrons. The van der Waals surface area contributed by atoms with Gasteiger partial charge in [0.05, 0.1) is 0 Å². The second-order valence-electron chi connectivity index (χ2n) is 3.93. The van der Waals surface area contributed by atoms with Crippen LogP contribution in [0.1, 0.15) is 33.6 Å². The molecule has 0 aliphatic carbocycles. The van der Waals surface area contributed by atoms with Crippen molar-refractivity contribution < 1.29 is 19.4 Å². The van der Waals surface area contributed by atoms with Gasteiger partial charge in [0.15, 0.2) is 0 Å². The highest BCUT2D eigenvalue weighted by molar-refractivity contribution is 9.10. The monoisotopic (exact) mass is 266 g/mol. The molecule has 1 N–H and O–H groups in total. The molecule has 0 radical (unpaired) electrons. The molecule has 0 fully saturated rings. The third-order valence-electron chi connectivity index (χ3n) is 1.29. The van der Waals surface area contributed by atoms with Crippen molar-refractivity contribution in [3.05, 3.63) is 0 Å². The van der Waals surface area contributed by atoms with Gasteiger partial charge in [-0.3, -0.25) is 9.59 Å². The van der Waals surface area contributed by atoms with E-state index in [4.69, 9.17) is 9.84 Å². The Kier molecular flexibility index (Phi) is 5.12. The van der Waals surface area contributed by atoms with Crippen LogP contribution in [0.4, 0.5) is 0 Å². The first-order chi connectivity index (χ1) is 6.22. The summed E-state index contributed by atoms with van der Waals surface area (Å²) in [6.45, 7) is 5.31. The highest BCUT2D eigenvalue weighted by Gasteiger charge is 2.19. The summed E-state index contributed by atoms with van der Waals surface area (Å²) in [5, 5.41) is 8.53. The summed E-state index contributed by atoms with van der Waals surface area (Å²) >= 11 is 2.94. The van der Waals surface area contributed by atoms with E-state index in [0.29, 0.717) is 0 Å². The van der Waals surface area contributed by atoms with Crippen LogP contribution < -0.4 is 0 Å². The largest absolute Gasteiger partial charge is 0.480 e. The molecule has 0 aromatic rings. The minimum Gasteiger partial charge on any atom is -0.480 e. The number of rotatable bonds is 4. The predicted molar refractivity (Wildman–Crippen MR) is 55.4 cm³/mol. The number of esters is 1. The number of aliphatic carboxylic acids is 1. The van der Waals surface area contributed by atoms with Gasteiger partial charge in [-0.2, -0.15) is 0 Å². The molecule has 0 aliphatic heterocycles. The Morgan fingerprint density at radius 3 is 2.29 bits per heavy atom. The summed E-state index contributed by atoms with van der Waals surface area (Å²) in [6.07, 6.45) is 0.351. The van der Waals surface area contributed by atoms with Crippen molar-refractivity contribution >= 4 is 27.9 Å². The maximum absolute atomic E-state index is 11.1. The first-order valence-corrected chi connectivity index (χ1v) is 5.22. The SMILES string of the molecule is CC(C)(C)OC(=O)CCC(Br)C(=O)O. The lowest BCUT2D eigenvalue weighted by molar-refractivity contribution is -0.154. The van der Waals surface area contributed by atoms with E-state index >= 15 is 0 Å². The molecule has 0 aliphatic rings. The zero-order valence-corrected chi connectivity index (χ0v) is 10.1. The molecule has 1 unspecified atom stereocenters. The number of hydrogen-bond donors (Lipinski definition) is 1. The number of hydrogen-bond acceptors (Lipinski definition) is 3. The lowest BCUT2D eigenvalue weighted by Gasteiger charge is -2.19. The van der Waals surface area contributed by atoms with Gasteiger partial charge in [0, 0.05) is 6.42 Å². The molecule has 0 aromatic heterocycles. The molecular weight excluding hydrogens is 252 g/mol. The van der Waals surface area contributed by atoms with Gasteiger partial charge in [-0.1, -0.05) is 15.9 Å². The molecule has 0 spiro atoms. The standard InChI is InChI=1S/C9H15BrO4/c1-9(2,3)14-7(11)5-4-6(10)8(12)13/h6H,4-5H2,1-3H3,(H,12,13). The number of carboxylic acids is 1. The lowest BCUT2D eigenvalue weighted by atomic mass is 10.2. The van der Waals surface area contributed by atoms with Gasteiger partial charge in [0.2, 0.25) is 0 Å². The maximum Gasteiger partial charge on any atom is 0.317 e.